The number of hydrogen-bond donors (Lipinski definition) is 0. The van der Waals surface area contributed by atoms with Crippen molar-refractivity contribution >= 4 is 17.1 Å². The molecule has 0 unspecified atom stereocenters. The number of ketones is 1. The Bertz CT molecular complexity index is 628. The van der Waals surface area contributed by atoms with Crippen LogP contribution in [0, 0.1) is 13.8 Å². The molecule has 0 aromatic carbocycles. The van der Waals surface area contributed by atoms with Gasteiger partial charge in [-0.05, 0) is 31.9 Å². The Kier molecular flexibility index (Phi) is 4.41. The van der Waals surface area contributed by atoms with Crippen molar-refractivity contribution in [3.63, 3.8) is 0 Å². The van der Waals surface area contributed by atoms with E-state index in [9.17, 15) is 18.0 Å². The SMILES string of the molecule is Cc1nc(C(=O)CCc2ccc(C(F)(F)F)nc2)sc1C. The van der Waals surface area contributed by atoms with E-state index in [1.165, 1.54) is 17.4 Å². The minimum absolute atomic E-state index is 0.101. The molecule has 0 saturated carbocycles. The molecule has 2 rings (SSSR count). The number of halogens is 3. The van der Waals surface area contributed by atoms with Gasteiger partial charge < -0.3 is 0 Å². The molecule has 0 N–H and O–H groups in total. The highest BCUT2D eigenvalue weighted by Crippen LogP contribution is 2.27. The van der Waals surface area contributed by atoms with Crippen molar-refractivity contribution in [2.24, 2.45) is 0 Å². The molecule has 0 saturated heterocycles. The van der Waals surface area contributed by atoms with E-state index in [1.54, 1.807) is 0 Å². The van der Waals surface area contributed by atoms with Gasteiger partial charge in [0.1, 0.15) is 5.69 Å². The molecular weight excluding hydrogens is 301 g/mol. The highest BCUT2D eigenvalue weighted by molar-refractivity contribution is 7.13. The van der Waals surface area contributed by atoms with Gasteiger partial charge in [-0.3, -0.25) is 9.78 Å². The number of alkyl halides is 3. The van der Waals surface area contributed by atoms with Crippen LogP contribution in [0.15, 0.2) is 18.3 Å². The van der Waals surface area contributed by atoms with Gasteiger partial charge in [0.25, 0.3) is 0 Å². The first kappa shape index (κ1) is 15.6. The zero-order valence-corrected chi connectivity index (χ0v) is 12.3. The van der Waals surface area contributed by atoms with Gasteiger partial charge in [0.15, 0.2) is 10.8 Å². The summed E-state index contributed by atoms with van der Waals surface area (Å²) in [5.41, 5.74) is 0.504. The van der Waals surface area contributed by atoms with Crippen LogP contribution in [-0.2, 0) is 12.6 Å². The molecule has 3 nitrogen and oxygen atoms in total. The minimum atomic E-state index is -4.44. The number of aromatic nitrogens is 2. The van der Waals surface area contributed by atoms with E-state index in [-0.39, 0.29) is 12.2 Å². The van der Waals surface area contributed by atoms with Crippen molar-refractivity contribution in [1.29, 1.82) is 0 Å². The summed E-state index contributed by atoms with van der Waals surface area (Å²) < 4.78 is 37.1. The first-order valence-electron chi connectivity index (χ1n) is 6.26. The predicted molar refractivity (Wildman–Crippen MR) is 73.5 cm³/mol. The minimum Gasteiger partial charge on any atom is -0.292 e. The molecule has 7 heteroatoms. The second-order valence-corrected chi connectivity index (χ2v) is 5.84. The third-order valence-corrected chi connectivity index (χ3v) is 4.14. The monoisotopic (exact) mass is 314 g/mol. The molecule has 0 radical (unpaired) electrons. The molecule has 21 heavy (non-hydrogen) atoms. The van der Waals surface area contributed by atoms with Crippen LogP contribution in [0.2, 0.25) is 0 Å². The number of thiazole rings is 1. The van der Waals surface area contributed by atoms with Crippen molar-refractivity contribution in [2.45, 2.75) is 32.9 Å². The maximum atomic E-state index is 12.4. The van der Waals surface area contributed by atoms with Gasteiger partial charge in [0.2, 0.25) is 0 Å². The zero-order chi connectivity index (χ0) is 15.6. The largest absolute Gasteiger partial charge is 0.433 e. The van der Waals surface area contributed by atoms with Crippen LogP contribution in [0.5, 0.6) is 0 Å². The fraction of sp³-hybridized carbons (Fsp3) is 0.357. The van der Waals surface area contributed by atoms with Crippen LogP contribution in [0.3, 0.4) is 0 Å². The van der Waals surface area contributed by atoms with Gasteiger partial charge >= 0.3 is 6.18 Å². The lowest BCUT2D eigenvalue weighted by Crippen LogP contribution is -2.08. The van der Waals surface area contributed by atoms with Crippen LogP contribution in [0.25, 0.3) is 0 Å². The van der Waals surface area contributed by atoms with Crippen LogP contribution in [-0.4, -0.2) is 15.8 Å². The molecule has 0 aliphatic heterocycles. The van der Waals surface area contributed by atoms with E-state index < -0.39 is 11.9 Å². The van der Waals surface area contributed by atoms with E-state index in [1.807, 2.05) is 13.8 Å². The molecule has 2 aromatic heterocycles. The number of carbonyl (C=O) groups excluding carboxylic acids is 1. The average molecular weight is 314 g/mol. The average Bonchev–Trinajstić information content (AvgIpc) is 2.75. The summed E-state index contributed by atoms with van der Waals surface area (Å²) in [4.78, 5) is 20.5. The summed E-state index contributed by atoms with van der Waals surface area (Å²) in [6.45, 7) is 3.73. The molecule has 0 amide bonds. The molecule has 0 aliphatic rings. The molecule has 0 bridgehead atoms. The van der Waals surface area contributed by atoms with Gasteiger partial charge in [-0.15, -0.1) is 11.3 Å². The Hall–Kier alpha value is -1.76. The zero-order valence-electron chi connectivity index (χ0n) is 11.5. The molecule has 0 fully saturated rings. The number of carbonyl (C=O) groups is 1. The molecule has 2 aromatic rings. The van der Waals surface area contributed by atoms with Gasteiger partial charge in [0, 0.05) is 17.5 Å². The van der Waals surface area contributed by atoms with Gasteiger partial charge in [0.05, 0.1) is 5.69 Å². The molecule has 0 spiro atoms. The van der Waals surface area contributed by atoms with E-state index in [4.69, 9.17) is 0 Å². The number of pyridine rings is 1. The third-order valence-electron chi connectivity index (χ3n) is 3.02. The molecular formula is C14H13F3N2OS. The van der Waals surface area contributed by atoms with Crippen molar-refractivity contribution < 1.29 is 18.0 Å². The predicted octanol–water partition coefficient (Wildman–Crippen LogP) is 3.99. The van der Waals surface area contributed by atoms with E-state index in [0.29, 0.717) is 17.0 Å². The maximum Gasteiger partial charge on any atom is 0.433 e. The fourth-order valence-corrected chi connectivity index (χ4v) is 2.58. The number of hydrogen-bond acceptors (Lipinski definition) is 4. The number of nitrogens with zero attached hydrogens (tertiary/aromatic N) is 2. The summed E-state index contributed by atoms with van der Waals surface area (Å²) in [5.74, 6) is -0.101. The Morgan fingerprint density at radius 1 is 1.29 bits per heavy atom. The van der Waals surface area contributed by atoms with E-state index in [2.05, 4.69) is 9.97 Å². The summed E-state index contributed by atoms with van der Waals surface area (Å²) in [6, 6.07) is 2.28. The normalized spacial score (nSPS) is 11.7. The van der Waals surface area contributed by atoms with Gasteiger partial charge in [-0.1, -0.05) is 6.07 Å². The highest BCUT2D eigenvalue weighted by Gasteiger charge is 2.31. The molecule has 0 aliphatic carbocycles. The number of aryl methyl sites for hydroxylation is 3. The Balaban J connectivity index is 1.98. The molecule has 0 atom stereocenters. The van der Waals surface area contributed by atoms with Crippen LogP contribution in [0.4, 0.5) is 13.2 Å². The summed E-state index contributed by atoms with van der Waals surface area (Å²) in [7, 11) is 0. The van der Waals surface area contributed by atoms with E-state index in [0.717, 1.165) is 22.8 Å². The van der Waals surface area contributed by atoms with Crippen LogP contribution >= 0.6 is 11.3 Å². The first-order valence-corrected chi connectivity index (χ1v) is 7.08. The van der Waals surface area contributed by atoms with Crippen molar-refractivity contribution in [1.82, 2.24) is 9.97 Å². The lowest BCUT2D eigenvalue weighted by atomic mass is 10.1. The van der Waals surface area contributed by atoms with Gasteiger partial charge in [-0.25, -0.2) is 4.98 Å². The smallest absolute Gasteiger partial charge is 0.292 e. The second kappa shape index (κ2) is 5.93. The molecule has 112 valence electrons. The van der Waals surface area contributed by atoms with Crippen molar-refractivity contribution in [2.75, 3.05) is 0 Å². The van der Waals surface area contributed by atoms with Gasteiger partial charge in [-0.2, -0.15) is 13.2 Å². The first-order chi connectivity index (χ1) is 9.77. The van der Waals surface area contributed by atoms with Crippen molar-refractivity contribution in [3.8, 4) is 0 Å². The third kappa shape index (κ3) is 3.87. The summed E-state index contributed by atoms with van der Waals surface area (Å²) >= 11 is 1.34. The Morgan fingerprint density at radius 2 is 2.00 bits per heavy atom. The quantitative estimate of drug-likeness (QED) is 0.801. The lowest BCUT2D eigenvalue weighted by Gasteiger charge is -2.06. The molecule has 2 heterocycles. The second-order valence-electron chi connectivity index (χ2n) is 4.63. The maximum absolute atomic E-state index is 12.4. The highest BCUT2D eigenvalue weighted by atomic mass is 32.1. The number of Topliss-reactive ketones (excluding diaryl/α,β-unsaturated/α-hetero) is 1. The Labute approximate surface area is 123 Å². The number of rotatable bonds is 4. The standard InChI is InChI=1S/C14H13F3N2OS/c1-8-9(2)21-13(19-8)11(20)5-3-10-4-6-12(18-7-10)14(15,16)17/h4,6-7H,3,5H2,1-2H3. The fourth-order valence-electron chi connectivity index (χ4n) is 1.70. The Morgan fingerprint density at radius 3 is 2.48 bits per heavy atom. The van der Waals surface area contributed by atoms with Crippen LogP contribution in [0.1, 0.15) is 38.1 Å². The van der Waals surface area contributed by atoms with E-state index >= 15 is 0 Å². The summed E-state index contributed by atoms with van der Waals surface area (Å²) in [5, 5.41) is 0.449. The van der Waals surface area contributed by atoms with Crippen molar-refractivity contribution in [3.05, 3.63) is 45.2 Å². The topological polar surface area (TPSA) is 42.9 Å². The van der Waals surface area contributed by atoms with Crippen LogP contribution < -0.4 is 0 Å². The summed E-state index contributed by atoms with van der Waals surface area (Å²) in [6.07, 6.45) is -2.72. The lowest BCUT2D eigenvalue weighted by molar-refractivity contribution is -0.141.